The summed E-state index contributed by atoms with van der Waals surface area (Å²) in [5.41, 5.74) is 2.04. The monoisotopic (exact) mass is 238 g/mol. The van der Waals surface area contributed by atoms with Crippen LogP contribution in [0.4, 0.5) is 4.39 Å². The van der Waals surface area contributed by atoms with Crippen molar-refractivity contribution >= 4 is 12.2 Å². The Bertz CT molecular complexity index is 546. The number of aromatic amines is 1. The van der Waals surface area contributed by atoms with Gasteiger partial charge in [0.25, 0.3) is 0 Å². The Hall–Kier alpha value is -1.56. The molecular weight excluding hydrogens is 227 g/mol. The van der Waals surface area contributed by atoms with Crippen molar-refractivity contribution in [2.45, 2.75) is 19.9 Å². The van der Waals surface area contributed by atoms with Crippen molar-refractivity contribution in [2.75, 3.05) is 0 Å². The van der Waals surface area contributed by atoms with Gasteiger partial charge in [0.1, 0.15) is 5.82 Å². The van der Waals surface area contributed by atoms with Crippen molar-refractivity contribution in [1.29, 1.82) is 0 Å². The number of H-pyrrole nitrogens is 1. The Morgan fingerprint density at radius 2 is 2.31 bits per heavy atom. The molecule has 1 aromatic heterocycles. The highest BCUT2D eigenvalue weighted by atomic mass is 32.1. The first kappa shape index (κ1) is 10.9. The summed E-state index contributed by atoms with van der Waals surface area (Å²) in [4.78, 5) is 0. The molecule has 0 aliphatic rings. The van der Waals surface area contributed by atoms with Crippen LogP contribution in [0.5, 0.6) is 0 Å². The van der Waals surface area contributed by atoms with Crippen LogP contribution < -0.4 is 0 Å². The van der Waals surface area contributed by atoms with Gasteiger partial charge in [-0.1, -0.05) is 16.4 Å². The molecule has 0 radical (unpaired) electrons. The molecule has 6 heteroatoms. The maximum atomic E-state index is 12.9. The van der Waals surface area contributed by atoms with Crippen LogP contribution in [0.3, 0.4) is 0 Å². The molecule has 0 atom stereocenters. The molecule has 2 rings (SSSR count). The van der Waals surface area contributed by atoms with Crippen LogP contribution in [0.1, 0.15) is 11.1 Å². The maximum Gasteiger partial charge on any atom is 0.238 e. The average Bonchev–Trinajstić information content (AvgIpc) is 2.63. The van der Waals surface area contributed by atoms with Crippen LogP contribution in [0.15, 0.2) is 18.2 Å². The van der Waals surface area contributed by atoms with E-state index in [0.29, 0.717) is 11.3 Å². The summed E-state index contributed by atoms with van der Waals surface area (Å²) in [6.07, 6.45) is 0.768. The van der Waals surface area contributed by atoms with Gasteiger partial charge in [-0.2, -0.15) is 5.21 Å². The minimum absolute atomic E-state index is 0.207. The van der Waals surface area contributed by atoms with E-state index in [9.17, 15) is 4.39 Å². The fraction of sp³-hybridized carbons (Fsp3) is 0.300. The normalized spacial score (nSPS) is 10.6. The summed E-state index contributed by atoms with van der Waals surface area (Å²) < 4.78 is 15.0. The number of aromatic nitrogens is 4. The van der Waals surface area contributed by atoms with Crippen LogP contribution in [-0.2, 0) is 13.0 Å². The van der Waals surface area contributed by atoms with Crippen LogP contribution >= 0.6 is 12.2 Å². The Morgan fingerprint density at radius 3 is 2.94 bits per heavy atom. The molecule has 4 nitrogen and oxygen atoms in total. The van der Waals surface area contributed by atoms with E-state index in [0.717, 1.165) is 17.5 Å². The van der Waals surface area contributed by atoms with Gasteiger partial charge in [0.2, 0.25) is 4.77 Å². The van der Waals surface area contributed by atoms with Gasteiger partial charge in [-0.3, -0.25) is 0 Å². The standard InChI is InChI=1S/C10H11FN4S/c1-7-6-9(11)3-2-8(7)4-5-15-10(16)12-13-14-15/h2-3,6H,4-5H2,1H3,(H,12,14,16). The molecule has 16 heavy (non-hydrogen) atoms. The summed E-state index contributed by atoms with van der Waals surface area (Å²) >= 11 is 4.95. The summed E-state index contributed by atoms with van der Waals surface area (Å²) in [5.74, 6) is -0.207. The fourth-order valence-corrected chi connectivity index (χ4v) is 1.71. The number of nitrogens with one attached hydrogen (secondary N) is 1. The zero-order valence-electron chi connectivity index (χ0n) is 8.77. The van der Waals surface area contributed by atoms with Crippen molar-refractivity contribution in [3.05, 3.63) is 39.9 Å². The van der Waals surface area contributed by atoms with Gasteiger partial charge >= 0.3 is 0 Å². The Kier molecular flexibility index (Phi) is 3.09. The molecule has 1 aromatic carbocycles. The van der Waals surface area contributed by atoms with Gasteiger partial charge in [-0.25, -0.2) is 9.07 Å². The number of rotatable bonds is 3. The molecular formula is C10H11FN4S. The van der Waals surface area contributed by atoms with E-state index in [1.165, 1.54) is 12.1 Å². The average molecular weight is 238 g/mol. The molecule has 84 valence electrons. The highest BCUT2D eigenvalue weighted by molar-refractivity contribution is 7.71. The third-order valence-electron chi connectivity index (χ3n) is 2.44. The second-order valence-corrected chi connectivity index (χ2v) is 3.92. The number of nitrogens with zero attached hydrogens (tertiary/aromatic N) is 3. The lowest BCUT2D eigenvalue weighted by Gasteiger charge is -2.05. The lowest BCUT2D eigenvalue weighted by atomic mass is 10.1. The van der Waals surface area contributed by atoms with E-state index in [1.54, 1.807) is 10.7 Å². The molecule has 0 unspecified atom stereocenters. The number of hydrogen-bond donors (Lipinski definition) is 1. The van der Waals surface area contributed by atoms with Crippen LogP contribution in [0, 0.1) is 17.5 Å². The molecule has 0 fully saturated rings. The van der Waals surface area contributed by atoms with Crippen molar-refractivity contribution in [3.63, 3.8) is 0 Å². The lowest BCUT2D eigenvalue weighted by molar-refractivity contribution is 0.580. The molecule has 1 heterocycles. The predicted octanol–water partition coefficient (Wildman–Crippen LogP) is 2.03. The van der Waals surface area contributed by atoms with Gasteiger partial charge < -0.3 is 0 Å². The molecule has 0 aliphatic heterocycles. The molecule has 0 saturated carbocycles. The van der Waals surface area contributed by atoms with Crippen molar-refractivity contribution in [1.82, 2.24) is 20.2 Å². The second kappa shape index (κ2) is 4.52. The van der Waals surface area contributed by atoms with Gasteiger partial charge in [-0.15, -0.1) is 0 Å². The number of benzene rings is 1. The number of aryl methyl sites for hydroxylation is 3. The lowest BCUT2D eigenvalue weighted by Crippen LogP contribution is -2.04. The number of halogens is 1. The smallest absolute Gasteiger partial charge is 0.238 e. The summed E-state index contributed by atoms with van der Waals surface area (Å²) in [5, 5.41) is 9.96. The third-order valence-corrected chi connectivity index (χ3v) is 2.74. The van der Waals surface area contributed by atoms with Crippen molar-refractivity contribution < 1.29 is 4.39 Å². The number of tetrazole rings is 1. The van der Waals surface area contributed by atoms with E-state index < -0.39 is 0 Å². The van der Waals surface area contributed by atoms with Gasteiger partial charge in [0.15, 0.2) is 0 Å². The Morgan fingerprint density at radius 1 is 1.50 bits per heavy atom. The van der Waals surface area contributed by atoms with E-state index in [2.05, 4.69) is 15.5 Å². The Labute approximate surface area is 97.1 Å². The minimum Gasteiger partial charge on any atom is -0.242 e. The van der Waals surface area contributed by atoms with Gasteiger partial charge in [-0.05, 0) is 48.8 Å². The second-order valence-electron chi connectivity index (χ2n) is 3.56. The third kappa shape index (κ3) is 2.33. The quantitative estimate of drug-likeness (QED) is 0.832. The molecule has 0 amide bonds. The zero-order chi connectivity index (χ0) is 11.5. The fourth-order valence-electron chi connectivity index (χ4n) is 1.53. The largest absolute Gasteiger partial charge is 0.242 e. The highest BCUT2D eigenvalue weighted by Crippen LogP contribution is 2.11. The topological polar surface area (TPSA) is 46.5 Å². The predicted molar refractivity (Wildman–Crippen MR) is 60.0 cm³/mol. The maximum absolute atomic E-state index is 12.9. The van der Waals surface area contributed by atoms with E-state index >= 15 is 0 Å². The summed E-state index contributed by atoms with van der Waals surface area (Å²) in [6, 6.07) is 4.78. The first-order valence-electron chi connectivity index (χ1n) is 4.90. The SMILES string of the molecule is Cc1cc(F)ccc1CCn1[nH]nnc1=S. The molecule has 0 bridgehead atoms. The first-order chi connectivity index (χ1) is 7.66. The van der Waals surface area contributed by atoms with Crippen molar-refractivity contribution in [2.24, 2.45) is 0 Å². The van der Waals surface area contributed by atoms with Gasteiger partial charge in [0, 0.05) is 6.54 Å². The minimum atomic E-state index is -0.207. The van der Waals surface area contributed by atoms with Crippen molar-refractivity contribution in [3.8, 4) is 0 Å². The Balaban J connectivity index is 2.11. The molecule has 0 spiro atoms. The van der Waals surface area contributed by atoms with Crippen LogP contribution in [0.2, 0.25) is 0 Å². The summed E-state index contributed by atoms with van der Waals surface area (Å²) in [7, 11) is 0. The molecule has 0 aliphatic carbocycles. The molecule has 2 aromatic rings. The van der Waals surface area contributed by atoms with Gasteiger partial charge in [0.05, 0.1) is 0 Å². The van der Waals surface area contributed by atoms with E-state index in [-0.39, 0.29) is 5.82 Å². The molecule has 1 N–H and O–H groups in total. The van der Waals surface area contributed by atoms with E-state index in [4.69, 9.17) is 12.2 Å². The number of hydrogen-bond acceptors (Lipinski definition) is 3. The summed E-state index contributed by atoms with van der Waals surface area (Å²) in [6.45, 7) is 2.56. The van der Waals surface area contributed by atoms with E-state index in [1.807, 2.05) is 6.92 Å². The van der Waals surface area contributed by atoms with Crippen LogP contribution in [-0.4, -0.2) is 20.2 Å². The first-order valence-corrected chi connectivity index (χ1v) is 5.30. The molecule has 0 saturated heterocycles. The van der Waals surface area contributed by atoms with Crippen LogP contribution in [0.25, 0.3) is 0 Å². The zero-order valence-corrected chi connectivity index (χ0v) is 9.59. The highest BCUT2D eigenvalue weighted by Gasteiger charge is 2.01.